The number of nitrogens with zero attached hydrogens (tertiary/aromatic N) is 2. The smallest absolute Gasteiger partial charge is 0.273 e. The summed E-state index contributed by atoms with van der Waals surface area (Å²) in [4.78, 5) is 27.7. The highest BCUT2D eigenvalue weighted by atomic mass is 79.9. The fraction of sp³-hybridized carbons (Fsp3) is 0.0476. The van der Waals surface area contributed by atoms with E-state index in [-0.39, 0.29) is 11.3 Å². The summed E-state index contributed by atoms with van der Waals surface area (Å²) >= 11 is 3.39. The molecule has 7 nitrogen and oxygen atoms in total. The molecule has 0 bridgehead atoms. The van der Waals surface area contributed by atoms with Crippen molar-refractivity contribution in [2.75, 3.05) is 5.32 Å². The fourth-order valence-corrected chi connectivity index (χ4v) is 3.25. The minimum atomic E-state index is -0.503. The molecule has 0 aliphatic heterocycles. The third kappa shape index (κ3) is 3.74. The van der Waals surface area contributed by atoms with Crippen molar-refractivity contribution in [3.05, 3.63) is 86.4 Å². The first kappa shape index (κ1) is 18.8. The van der Waals surface area contributed by atoms with Gasteiger partial charge in [-0.05, 0) is 55.5 Å². The van der Waals surface area contributed by atoms with Crippen LogP contribution in [0.2, 0.25) is 0 Å². The molecular weight excluding hydrogens is 438 g/mol. The number of nitro benzene ring substituents is 1. The second-order valence-corrected chi connectivity index (χ2v) is 7.29. The zero-order valence-corrected chi connectivity index (χ0v) is 16.8. The summed E-state index contributed by atoms with van der Waals surface area (Å²) < 4.78 is 6.74. The van der Waals surface area contributed by atoms with Crippen LogP contribution in [0.3, 0.4) is 0 Å². The number of fused-ring (bicyclic) bond motifs is 1. The number of halogens is 1. The van der Waals surface area contributed by atoms with Crippen molar-refractivity contribution in [1.82, 2.24) is 4.98 Å². The number of carbonyl (C=O) groups excluding carboxylic acids is 1. The molecule has 1 N–H and O–H groups in total. The van der Waals surface area contributed by atoms with E-state index in [1.165, 1.54) is 12.1 Å². The second kappa shape index (κ2) is 7.48. The molecule has 3 aromatic carbocycles. The molecule has 0 saturated heterocycles. The summed E-state index contributed by atoms with van der Waals surface area (Å²) in [6, 6.07) is 17.1. The van der Waals surface area contributed by atoms with Gasteiger partial charge in [-0.25, -0.2) is 4.98 Å². The van der Waals surface area contributed by atoms with Gasteiger partial charge in [-0.3, -0.25) is 14.9 Å². The van der Waals surface area contributed by atoms with Crippen LogP contribution >= 0.6 is 15.9 Å². The first-order valence-electron chi connectivity index (χ1n) is 8.64. The number of rotatable bonds is 4. The maximum absolute atomic E-state index is 12.6. The van der Waals surface area contributed by atoms with Crippen LogP contribution in [-0.4, -0.2) is 15.8 Å². The van der Waals surface area contributed by atoms with Gasteiger partial charge in [0.2, 0.25) is 5.89 Å². The molecule has 0 spiro atoms. The van der Waals surface area contributed by atoms with Gasteiger partial charge < -0.3 is 9.73 Å². The van der Waals surface area contributed by atoms with E-state index < -0.39 is 10.8 Å². The van der Waals surface area contributed by atoms with Crippen LogP contribution in [0.5, 0.6) is 0 Å². The van der Waals surface area contributed by atoms with Gasteiger partial charge in [-0.2, -0.15) is 0 Å². The Labute approximate surface area is 173 Å². The van der Waals surface area contributed by atoms with Crippen molar-refractivity contribution in [1.29, 1.82) is 0 Å². The molecule has 0 aliphatic rings. The number of aromatic nitrogens is 1. The molecule has 8 heteroatoms. The summed E-state index contributed by atoms with van der Waals surface area (Å²) in [5.41, 5.74) is 3.00. The Hall–Kier alpha value is -3.52. The molecule has 29 heavy (non-hydrogen) atoms. The normalized spacial score (nSPS) is 10.8. The van der Waals surface area contributed by atoms with Gasteiger partial charge in [0.15, 0.2) is 5.58 Å². The van der Waals surface area contributed by atoms with Gasteiger partial charge in [-0.15, -0.1) is 0 Å². The average Bonchev–Trinajstić information content (AvgIpc) is 3.11. The van der Waals surface area contributed by atoms with Crippen LogP contribution in [0.4, 0.5) is 11.4 Å². The van der Waals surface area contributed by atoms with Gasteiger partial charge in [0, 0.05) is 32.9 Å². The molecule has 0 fully saturated rings. The first-order valence-corrected chi connectivity index (χ1v) is 9.43. The quantitative estimate of drug-likeness (QED) is 0.315. The third-order valence-corrected chi connectivity index (χ3v) is 5.01. The van der Waals surface area contributed by atoms with Crippen molar-refractivity contribution >= 4 is 44.3 Å². The molecule has 0 saturated carbocycles. The number of carbonyl (C=O) groups is 1. The molecule has 0 unspecified atom stereocenters. The number of nitro groups is 1. The van der Waals surface area contributed by atoms with E-state index in [9.17, 15) is 14.9 Å². The zero-order valence-electron chi connectivity index (χ0n) is 15.2. The van der Waals surface area contributed by atoms with Crippen molar-refractivity contribution < 1.29 is 14.1 Å². The molecule has 144 valence electrons. The van der Waals surface area contributed by atoms with Crippen molar-refractivity contribution in [3.63, 3.8) is 0 Å². The monoisotopic (exact) mass is 451 g/mol. The van der Waals surface area contributed by atoms with E-state index >= 15 is 0 Å². The lowest BCUT2D eigenvalue weighted by molar-refractivity contribution is -0.385. The van der Waals surface area contributed by atoms with E-state index in [1.54, 1.807) is 31.2 Å². The number of anilines is 1. The number of benzene rings is 3. The summed E-state index contributed by atoms with van der Waals surface area (Å²) in [6.07, 6.45) is 0. The largest absolute Gasteiger partial charge is 0.436 e. The Morgan fingerprint density at radius 3 is 2.62 bits per heavy atom. The molecule has 1 aromatic heterocycles. The summed E-state index contributed by atoms with van der Waals surface area (Å²) in [5, 5.41) is 13.9. The van der Waals surface area contributed by atoms with Gasteiger partial charge in [0.1, 0.15) is 5.52 Å². The van der Waals surface area contributed by atoms with Crippen LogP contribution in [0.1, 0.15) is 15.9 Å². The predicted octanol–water partition coefficient (Wildman–Crippen LogP) is 5.73. The lowest BCUT2D eigenvalue weighted by atomic mass is 10.1. The lowest BCUT2D eigenvalue weighted by Crippen LogP contribution is -2.14. The SMILES string of the molecule is Cc1c(C(=O)Nc2ccc3oc(-c4ccc(Br)cc4)nc3c2)cccc1[N+](=O)[O-]. The third-order valence-electron chi connectivity index (χ3n) is 4.48. The van der Waals surface area contributed by atoms with E-state index in [1.807, 2.05) is 24.3 Å². The Morgan fingerprint density at radius 1 is 1.14 bits per heavy atom. The molecule has 0 atom stereocenters. The highest BCUT2D eigenvalue weighted by Gasteiger charge is 2.18. The van der Waals surface area contributed by atoms with Gasteiger partial charge in [-0.1, -0.05) is 22.0 Å². The van der Waals surface area contributed by atoms with Crippen LogP contribution in [-0.2, 0) is 0 Å². The maximum Gasteiger partial charge on any atom is 0.273 e. The van der Waals surface area contributed by atoms with Crippen molar-refractivity contribution in [2.45, 2.75) is 6.92 Å². The molecule has 0 aliphatic carbocycles. The number of hydrogen-bond acceptors (Lipinski definition) is 5. The van der Waals surface area contributed by atoms with E-state index in [4.69, 9.17) is 4.42 Å². The number of oxazole rings is 1. The van der Waals surface area contributed by atoms with Crippen LogP contribution < -0.4 is 5.32 Å². The van der Waals surface area contributed by atoms with Gasteiger partial charge >= 0.3 is 0 Å². The number of amides is 1. The summed E-state index contributed by atoms with van der Waals surface area (Å²) in [7, 11) is 0. The standard InChI is InChI=1S/C21H14BrN3O4/c1-12-16(3-2-4-18(12)25(27)28)20(26)23-15-9-10-19-17(11-15)24-21(29-19)13-5-7-14(22)8-6-13/h2-11H,1H3,(H,23,26). The average molecular weight is 452 g/mol. The summed E-state index contributed by atoms with van der Waals surface area (Å²) in [6.45, 7) is 1.55. The predicted molar refractivity (Wildman–Crippen MR) is 113 cm³/mol. The Balaban J connectivity index is 1.62. The fourth-order valence-electron chi connectivity index (χ4n) is 2.99. The topological polar surface area (TPSA) is 98.3 Å². The minimum absolute atomic E-state index is 0.0938. The highest BCUT2D eigenvalue weighted by molar-refractivity contribution is 9.10. The molecule has 0 radical (unpaired) electrons. The van der Waals surface area contributed by atoms with Gasteiger partial charge in [0.25, 0.3) is 11.6 Å². The molecule has 1 heterocycles. The van der Waals surface area contributed by atoms with E-state index in [0.29, 0.717) is 28.2 Å². The van der Waals surface area contributed by atoms with Crippen molar-refractivity contribution in [3.8, 4) is 11.5 Å². The first-order chi connectivity index (χ1) is 13.9. The van der Waals surface area contributed by atoms with Crippen LogP contribution in [0.25, 0.3) is 22.6 Å². The number of nitrogens with one attached hydrogen (secondary N) is 1. The highest BCUT2D eigenvalue weighted by Crippen LogP contribution is 2.28. The Bertz CT molecular complexity index is 1250. The van der Waals surface area contributed by atoms with E-state index in [2.05, 4.69) is 26.2 Å². The maximum atomic E-state index is 12.6. The van der Waals surface area contributed by atoms with E-state index in [0.717, 1.165) is 10.0 Å². The Kier molecular flexibility index (Phi) is 4.85. The lowest BCUT2D eigenvalue weighted by Gasteiger charge is -2.07. The zero-order chi connectivity index (χ0) is 20.5. The molecule has 4 rings (SSSR count). The Morgan fingerprint density at radius 2 is 1.90 bits per heavy atom. The minimum Gasteiger partial charge on any atom is -0.436 e. The van der Waals surface area contributed by atoms with Crippen LogP contribution in [0.15, 0.2) is 69.6 Å². The van der Waals surface area contributed by atoms with Gasteiger partial charge in [0.05, 0.1) is 4.92 Å². The molecule has 1 amide bonds. The summed E-state index contributed by atoms with van der Waals surface area (Å²) in [5.74, 6) is 0.0488. The number of hydrogen-bond donors (Lipinski definition) is 1. The van der Waals surface area contributed by atoms with Crippen LogP contribution in [0, 0.1) is 17.0 Å². The molecular formula is C21H14BrN3O4. The molecule has 4 aromatic rings. The second-order valence-electron chi connectivity index (χ2n) is 6.37. The van der Waals surface area contributed by atoms with Crippen molar-refractivity contribution in [2.24, 2.45) is 0 Å².